The summed E-state index contributed by atoms with van der Waals surface area (Å²) in [6.07, 6.45) is -4.39. The highest BCUT2D eigenvalue weighted by Gasteiger charge is 2.32. The summed E-state index contributed by atoms with van der Waals surface area (Å²) in [4.78, 5) is 38.2. The Morgan fingerprint density at radius 1 is 1.19 bits per heavy atom. The Morgan fingerprint density at radius 3 is 2.31 bits per heavy atom. The van der Waals surface area contributed by atoms with E-state index >= 15 is 0 Å². The molecule has 0 saturated carbocycles. The molecule has 2 unspecified atom stereocenters. The highest BCUT2D eigenvalue weighted by molar-refractivity contribution is 6.07. The molecule has 8 nitrogen and oxygen atoms in total. The number of carbonyl (C=O) groups excluding carboxylic acids is 3. The first-order valence-electron chi connectivity index (χ1n) is 10.2. The van der Waals surface area contributed by atoms with Crippen molar-refractivity contribution in [1.82, 2.24) is 15.5 Å². The number of likely N-dealkylation sites (N-methyl/N-ethyl adjacent to an activating group) is 1. The first-order chi connectivity index (χ1) is 14.8. The Hall–Kier alpha value is -2.66. The molecular weight excluding hydrogens is 429 g/mol. The third kappa shape index (κ3) is 8.12. The number of nitrogens with zero attached hydrogens (tertiary/aromatic N) is 1. The number of hydrogen-bond donors (Lipinski definition) is 4. The number of nitrogens with two attached hydrogens (primary N) is 1. The average molecular weight is 460 g/mol. The van der Waals surface area contributed by atoms with Crippen molar-refractivity contribution in [3.63, 3.8) is 0 Å². The number of nitrogens with one attached hydrogen (secondary N) is 2. The molecule has 0 spiro atoms. The van der Waals surface area contributed by atoms with Crippen LogP contribution in [-0.4, -0.2) is 66.1 Å². The van der Waals surface area contributed by atoms with Crippen molar-refractivity contribution in [3.8, 4) is 0 Å². The molecular formula is C21H31F3N4O4. The number of alkyl halides is 3. The second kappa shape index (κ2) is 11.8. The van der Waals surface area contributed by atoms with E-state index in [0.717, 1.165) is 6.07 Å². The quantitative estimate of drug-likeness (QED) is 0.399. The number of aliphatic hydroxyl groups is 1. The second-order valence-corrected chi connectivity index (χ2v) is 7.87. The van der Waals surface area contributed by atoms with Gasteiger partial charge in [-0.05, 0) is 45.5 Å². The van der Waals surface area contributed by atoms with Crippen molar-refractivity contribution < 1.29 is 32.7 Å². The molecule has 0 aliphatic heterocycles. The van der Waals surface area contributed by atoms with Crippen LogP contribution >= 0.6 is 0 Å². The lowest BCUT2D eigenvalue weighted by atomic mass is 10.0. The van der Waals surface area contributed by atoms with Gasteiger partial charge in [0.15, 0.2) is 0 Å². The average Bonchev–Trinajstić information content (AvgIpc) is 2.70. The molecule has 11 heteroatoms. The van der Waals surface area contributed by atoms with E-state index in [1.807, 2.05) is 32.7 Å². The molecule has 32 heavy (non-hydrogen) atoms. The third-order valence-electron chi connectivity index (χ3n) is 5.03. The monoisotopic (exact) mass is 460 g/mol. The summed E-state index contributed by atoms with van der Waals surface area (Å²) in [7, 11) is 1.84. The molecule has 0 bridgehead atoms. The molecule has 1 aromatic carbocycles. The Bertz CT molecular complexity index is 815. The van der Waals surface area contributed by atoms with Crippen molar-refractivity contribution in [2.75, 3.05) is 20.1 Å². The molecule has 0 radical (unpaired) electrons. The summed E-state index contributed by atoms with van der Waals surface area (Å²) in [5.41, 5.74) is 3.05. The molecule has 0 fully saturated rings. The van der Waals surface area contributed by atoms with E-state index in [9.17, 15) is 32.7 Å². The zero-order valence-corrected chi connectivity index (χ0v) is 18.6. The van der Waals surface area contributed by atoms with Crippen LogP contribution in [0.25, 0.3) is 0 Å². The summed E-state index contributed by atoms with van der Waals surface area (Å²) in [5.74, 6) is -2.76. The molecule has 2 atom stereocenters. The Morgan fingerprint density at radius 2 is 1.81 bits per heavy atom. The number of rotatable bonds is 11. The number of halogens is 3. The van der Waals surface area contributed by atoms with Gasteiger partial charge in [0.2, 0.25) is 11.8 Å². The van der Waals surface area contributed by atoms with E-state index in [1.54, 1.807) is 0 Å². The van der Waals surface area contributed by atoms with Crippen molar-refractivity contribution in [3.05, 3.63) is 34.9 Å². The summed E-state index contributed by atoms with van der Waals surface area (Å²) in [6, 6.07) is 1.53. The molecule has 0 aliphatic rings. The molecule has 1 aromatic rings. The Labute approximate surface area is 185 Å². The normalized spacial score (nSPS) is 13.7. The van der Waals surface area contributed by atoms with Crippen molar-refractivity contribution >= 4 is 17.7 Å². The van der Waals surface area contributed by atoms with E-state index in [4.69, 9.17) is 5.73 Å². The van der Waals surface area contributed by atoms with Gasteiger partial charge in [-0.2, -0.15) is 13.2 Å². The minimum atomic E-state index is -4.73. The molecule has 1 rings (SSSR count). The van der Waals surface area contributed by atoms with Crippen LogP contribution in [0.5, 0.6) is 0 Å². The van der Waals surface area contributed by atoms with E-state index in [1.165, 1.54) is 0 Å². The molecule has 0 aliphatic carbocycles. The van der Waals surface area contributed by atoms with Gasteiger partial charge >= 0.3 is 6.18 Å². The first-order valence-corrected chi connectivity index (χ1v) is 10.2. The van der Waals surface area contributed by atoms with Gasteiger partial charge in [0.1, 0.15) is 0 Å². The van der Waals surface area contributed by atoms with Crippen LogP contribution in [-0.2, 0) is 11.0 Å². The molecule has 3 amide bonds. The lowest BCUT2D eigenvalue weighted by Gasteiger charge is -2.30. The van der Waals surface area contributed by atoms with E-state index < -0.39 is 59.3 Å². The highest BCUT2D eigenvalue weighted by Crippen LogP contribution is 2.30. The summed E-state index contributed by atoms with van der Waals surface area (Å²) >= 11 is 0. The van der Waals surface area contributed by atoms with Gasteiger partial charge in [0, 0.05) is 12.6 Å². The van der Waals surface area contributed by atoms with E-state index in [0.29, 0.717) is 31.5 Å². The van der Waals surface area contributed by atoms with Gasteiger partial charge in [-0.15, -0.1) is 0 Å². The van der Waals surface area contributed by atoms with Crippen LogP contribution in [0.15, 0.2) is 18.2 Å². The maximum atomic E-state index is 13.0. The fraction of sp³-hybridized carbons (Fsp3) is 0.571. The van der Waals surface area contributed by atoms with Gasteiger partial charge in [0.25, 0.3) is 5.91 Å². The third-order valence-corrected chi connectivity index (χ3v) is 5.03. The largest absolute Gasteiger partial charge is 0.416 e. The molecule has 0 heterocycles. The van der Waals surface area contributed by atoms with Gasteiger partial charge in [-0.25, -0.2) is 0 Å². The number of primary amides is 1. The zero-order valence-electron chi connectivity index (χ0n) is 18.6. The maximum Gasteiger partial charge on any atom is 0.416 e. The van der Waals surface area contributed by atoms with Crippen LogP contribution in [0.1, 0.15) is 59.9 Å². The van der Waals surface area contributed by atoms with E-state index in [-0.39, 0.29) is 6.04 Å². The van der Waals surface area contributed by atoms with Gasteiger partial charge in [0.05, 0.1) is 35.4 Å². The zero-order chi connectivity index (χ0) is 24.6. The van der Waals surface area contributed by atoms with Crippen LogP contribution in [0.3, 0.4) is 0 Å². The molecule has 0 aromatic heterocycles. The van der Waals surface area contributed by atoms with Crippen LogP contribution in [0, 0.1) is 0 Å². The number of benzene rings is 1. The Balaban J connectivity index is 2.92. The second-order valence-electron chi connectivity index (χ2n) is 7.87. The summed E-state index contributed by atoms with van der Waals surface area (Å²) in [6.45, 7) is 5.60. The smallest absolute Gasteiger partial charge is 0.391 e. The van der Waals surface area contributed by atoms with Crippen LogP contribution in [0.4, 0.5) is 13.2 Å². The minimum Gasteiger partial charge on any atom is -0.391 e. The highest BCUT2D eigenvalue weighted by atomic mass is 19.4. The topological polar surface area (TPSA) is 125 Å². The lowest BCUT2D eigenvalue weighted by molar-refractivity contribution is -0.137. The van der Waals surface area contributed by atoms with Crippen LogP contribution < -0.4 is 16.4 Å². The fourth-order valence-corrected chi connectivity index (χ4v) is 2.92. The lowest BCUT2D eigenvalue weighted by Crippen LogP contribution is -2.52. The van der Waals surface area contributed by atoms with E-state index in [2.05, 4.69) is 10.6 Å². The number of hydrogen-bond acceptors (Lipinski definition) is 5. The fourth-order valence-electron chi connectivity index (χ4n) is 2.92. The maximum absolute atomic E-state index is 13.0. The molecule has 0 saturated heterocycles. The van der Waals surface area contributed by atoms with Crippen molar-refractivity contribution in [2.45, 2.75) is 58.0 Å². The molecule has 5 N–H and O–H groups in total. The standard InChI is InChI=1S/C21H31F3N4O4/c1-5-6-17(29)16(11-28(4)12(2)3)27-18(30)10-26-20(32)15-9-13(21(22,23)24)7-8-14(15)19(25)31/h7-9,12,16-17,29H,5-6,10-11H2,1-4H3,(H2,25,31)(H,26,32)(H,27,30). The predicted molar refractivity (Wildman–Crippen MR) is 113 cm³/mol. The van der Waals surface area contributed by atoms with Crippen LogP contribution in [0.2, 0.25) is 0 Å². The summed E-state index contributed by atoms with van der Waals surface area (Å²) in [5, 5.41) is 15.2. The number of amides is 3. The SMILES string of the molecule is CCCC(O)C(CN(C)C(C)C)NC(=O)CNC(=O)c1cc(C(F)(F)F)ccc1C(N)=O. The first kappa shape index (κ1) is 27.4. The molecule has 180 valence electrons. The van der Waals surface area contributed by atoms with Gasteiger partial charge < -0.3 is 26.4 Å². The van der Waals surface area contributed by atoms with Crippen molar-refractivity contribution in [2.24, 2.45) is 5.73 Å². The minimum absolute atomic E-state index is 0.163. The number of aliphatic hydroxyl groups excluding tert-OH is 1. The predicted octanol–water partition coefficient (Wildman–Crippen LogP) is 1.52. The van der Waals surface area contributed by atoms with Gasteiger partial charge in [-0.3, -0.25) is 14.4 Å². The van der Waals surface area contributed by atoms with Gasteiger partial charge in [-0.1, -0.05) is 13.3 Å². The summed E-state index contributed by atoms with van der Waals surface area (Å²) < 4.78 is 38.9. The Kier molecular flexibility index (Phi) is 10.1. The van der Waals surface area contributed by atoms with Crippen molar-refractivity contribution in [1.29, 1.82) is 0 Å². The number of carbonyl (C=O) groups is 3.